The van der Waals surface area contributed by atoms with E-state index in [2.05, 4.69) is 62.5 Å². The maximum atomic E-state index is 12.7. The number of rotatable bonds is 40. The molecular formula is C46H85NO8P+. The summed E-state index contributed by atoms with van der Waals surface area (Å²) in [6, 6.07) is 0. The molecule has 0 bridgehead atoms. The van der Waals surface area contributed by atoms with Crippen molar-refractivity contribution < 1.29 is 42.1 Å². The third-order valence-corrected chi connectivity index (χ3v) is 10.3. The van der Waals surface area contributed by atoms with Crippen LogP contribution in [0.4, 0.5) is 0 Å². The normalized spacial score (nSPS) is 14.0. The van der Waals surface area contributed by atoms with Gasteiger partial charge in [-0.1, -0.05) is 140 Å². The van der Waals surface area contributed by atoms with E-state index in [9.17, 15) is 19.0 Å². The van der Waals surface area contributed by atoms with Gasteiger partial charge in [-0.05, 0) is 77.0 Å². The van der Waals surface area contributed by atoms with Gasteiger partial charge in [-0.3, -0.25) is 18.6 Å². The Morgan fingerprint density at radius 1 is 0.554 bits per heavy atom. The van der Waals surface area contributed by atoms with E-state index in [4.69, 9.17) is 18.5 Å². The first-order chi connectivity index (χ1) is 27.0. The van der Waals surface area contributed by atoms with Crippen molar-refractivity contribution in [1.29, 1.82) is 0 Å². The molecule has 56 heavy (non-hydrogen) atoms. The highest BCUT2D eigenvalue weighted by Gasteiger charge is 2.27. The van der Waals surface area contributed by atoms with Crippen molar-refractivity contribution >= 4 is 19.8 Å². The molecule has 0 aromatic rings. The predicted octanol–water partition coefficient (Wildman–Crippen LogP) is 12.7. The van der Waals surface area contributed by atoms with Crippen LogP contribution in [-0.4, -0.2) is 74.9 Å². The van der Waals surface area contributed by atoms with Crippen LogP contribution in [0.25, 0.3) is 0 Å². The van der Waals surface area contributed by atoms with Crippen LogP contribution in [0.2, 0.25) is 0 Å². The van der Waals surface area contributed by atoms with Crippen LogP contribution in [0.5, 0.6) is 0 Å². The number of nitrogens with zero attached hydrogens (tertiary/aromatic N) is 1. The van der Waals surface area contributed by atoms with E-state index in [1.807, 2.05) is 21.1 Å². The quantitative estimate of drug-likeness (QED) is 0.0214. The van der Waals surface area contributed by atoms with Crippen molar-refractivity contribution in [3.05, 3.63) is 48.6 Å². The van der Waals surface area contributed by atoms with Crippen molar-refractivity contribution in [2.24, 2.45) is 0 Å². The van der Waals surface area contributed by atoms with E-state index in [0.29, 0.717) is 17.4 Å². The highest BCUT2D eigenvalue weighted by molar-refractivity contribution is 7.47. The molecule has 0 spiro atoms. The lowest BCUT2D eigenvalue weighted by atomic mass is 10.1. The minimum atomic E-state index is -4.39. The van der Waals surface area contributed by atoms with Crippen molar-refractivity contribution in [1.82, 2.24) is 0 Å². The maximum absolute atomic E-state index is 12.7. The Kier molecular flexibility index (Phi) is 37.1. The van der Waals surface area contributed by atoms with Gasteiger partial charge in [0.05, 0.1) is 27.7 Å². The summed E-state index contributed by atoms with van der Waals surface area (Å²) in [4.78, 5) is 35.3. The van der Waals surface area contributed by atoms with Gasteiger partial charge in [0.25, 0.3) is 0 Å². The molecule has 1 unspecified atom stereocenters. The summed E-state index contributed by atoms with van der Waals surface area (Å²) in [5.41, 5.74) is 0. The Morgan fingerprint density at radius 2 is 0.964 bits per heavy atom. The molecule has 0 saturated heterocycles. The zero-order valence-corrected chi connectivity index (χ0v) is 37.5. The zero-order chi connectivity index (χ0) is 41.4. The Balaban J connectivity index is 4.41. The summed E-state index contributed by atoms with van der Waals surface area (Å²) in [6.07, 6.45) is 44.4. The number of carbonyl (C=O) groups is 2. The molecule has 0 saturated carbocycles. The number of unbranched alkanes of at least 4 members (excludes halogenated alkanes) is 18. The number of likely N-dealkylation sites (N-methyl/N-ethyl adjacent to an activating group) is 1. The van der Waals surface area contributed by atoms with Crippen LogP contribution in [0, 0.1) is 0 Å². The number of esters is 2. The minimum Gasteiger partial charge on any atom is -0.462 e. The first kappa shape index (κ1) is 54.0. The number of hydrogen-bond donors (Lipinski definition) is 1. The molecule has 10 heteroatoms. The summed E-state index contributed by atoms with van der Waals surface area (Å²) in [5.74, 6) is -0.849. The fourth-order valence-corrected chi connectivity index (χ4v) is 6.52. The van der Waals surface area contributed by atoms with Crippen molar-refractivity contribution in [3.8, 4) is 0 Å². The third-order valence-electron chi connectivity index (χ3n) is 9.33. The van der Waals surface area contributed by atoms with E-state index in [1.54, 1.807) is 0 Å². The second-order valence-electron chi connectivity index (χ2n) is 16.1. The Hall–Kier alpha value is -2.03. The van der Waals surface area contributed by atoms with Gasteiger partial charge < -0.3 is 18.9 Å². The minimum absolute atomic E-state index is 0.0225. The molecule has 326 valence electrons. The fourth-order valence-electron chi connectivity index (χ4n) is 5.78. The van der Waals surface area contributed by atoms with E-state index in [1.165, 1.54) is 83.5 Å². The largest absolute Gasteiger partial charge is 0.472 e. The second kappa shape index (κ2) is 38.5. The summed E-state index contributed by atoms with van der Waals surface area (Å²) < 4.78 is 34.3. The number of ether oxygens (including phenoxy) is 2. The maximum Gasteiger partial charge on any atom is 0.472 e. The summed E-state index contributed by atoms with van der Waals surface area (Å²) in [6.45, 7) is 4.33. The number of hydrogen-bond acceptors (Lipinski definition) is 7. The molecule has 0 rings (SSSR count). The van der Waals surface area contributed by atoms with Crippen LogP contribution in [0.15, 0.2) is 48.6 Å². The van der Waals surface area contributed by atoms with Crippen LogP contribution < -0.4 is 0 Å². The smallest absolute Gasteiger partial charge is 0.462 e. The molecule has 0 fully saturated rings. The third kappa shape index (κ3) is 41.6. The number of quaternary nitrogens is 1. The molecule has 0 aliphatic carbocycles. The van der Waals surface area contributed by atoms with Gasteiger partial charge in [-0.2, -0.15) is 0 Å². The highest BCUT2D eigenvalue weighted by atomic mass is 31.2. The molecule has 0 radical (unpaired) electrons. The van der Waals surface area contributed by atoms with Gasteiger partial charge in [0.15, 0.2) is 6.10 Å². The van der Waals surface area contributed by atoms with Crippen LogP contribution in [0.3, 0.4) is 0 Å². The molecule has 0 aromatic carbocycles. The van der Waals surface area contributed by atoms with Crippen molar-refractivity contribution in [3.63, 3.8) is 0 Å². The number of carbonyl (C=O) groups excluding carboxylic acids is 2. The lowest BCUT2D eigenvalue weighted by molar-refractivity contribution is -0.870. The first-order valence-corrected chi connectivity index (χ1v) is 23.9. The summed E-state index contributed by atoms with van der Waals surface area (Å²) in [5, 5.41) is 0. The van der Waals surface area contributed by atoms with E-state index < -0.39 is 26.5 Å². The Bertz CT molecular complexity index is 1100. The SMILES string of the molecule is CCCCC/C=C\C/C=C\C/C=C\CCCCC(=O)O[C@H](COC(=O)CCCCCCCCC/C=C\CCCCCCCC)COP(=O)(O)OCC[N+](C)(C)C. The predicted molar refractivity (Wildman–Crippen MR) is 233 cm³/mol. The second-order valence-corrected chi connectivity index (χ2v) is 17.5. The van der Waals surface area contributed by atoms with E-state index in [0.717, 1.165) is 64.2 Å². The van der Waals surface area contributed by atoms with Crippen LogP contribution in [-0.2, 0) is 32.7 Å². The van der Waals surface area contributed by atoms with E-state index in [-0.39, 0.29) is 32.0 Å². The molecule has 0 amide bonds. The van der Waals surface area contributed by atoms with Gasteiger partial charge in [0.1, 0.15) is 19.8 Å². The fraction of sp³-hybridized carbons (Fsp3) is 0.783. The molecule has 0 aromatic heterocycles. The Morgan fingerprint density at radius 3 is 1.52 bits per heavy atom. The summed E-state index contributed by atoms with van der Waals surface area (Å²) >= 11 is 0. The number of allylic oxidation sites excluding steroid dienone is 8. The Labute approximate surface area is 343 Å². The monoisotopic (exact) mass is 811 g/mol. The lowest BCUT2D eigenvalue weighted by Crippen LogP contribution is -2.37. The average molecular weight is 811 g/mol. The molecule has 2 atom stereocenters. The average Bonchev–Trinajstić information content (AvgIpc) is 3.15. The van der Waals surface area contributed by atoms with Gasteiger partial charge in [0, 0.05) is 12.8 Å². The molecule has 0 heterocycles. The number of phosphoric ester groups is 1. The standard InChI is InChI=1S/C46H84NO8P/c1-6-8-10-12-14-16-18-20-22-23-25-26-28-30-32-34-36-38-45(48)52-42-44(43-54-56(50,51)53-41-40-47(3,4)5)55-46(49)39-37-35-33-31-29-27-24-21-19-17-15-13-11-9-7-2/h15,17,20-22,24,29,31,44H,6-14,16,18-19,23,25-28,30,32-43H2,1-5H3/p+1/b17-15-,22-20-,24-21-,31-29-/t44-/m1/s1. The van der Waals surface area contributed by atoms with Crippen molar-refractivity contribution in [2.45, 2.75) is 187 Å². The highest BCUT2D eigenvalue weighted by Crippen LogP contribution is 2.43. The summed E-state index contributed by atoms with van der Waals surface area (Å²) in [7, 11) is 1.45. The van der Waals surface area contributed by atoms with Crippen LogP contribution >= 0.6 is 7.82 Å². The molecular weight excluding hydrogens is 725 g/mol. The molecule has 0 aliphatic heterocycles. The van der Waals surface area contributed by atoms with Gasteiger partial charge in [-0.25, -0.2) is 4.57 Å². The van der Waals surface area contributed by atoms with E-state index >= 15 is 0 Å². The van der Waals surface area contributed by atoms with Gasteiger partial charge in [0.2, 0.25) is 0 Å². The molecule has 9 nitrogen and oxygen atoms in total. The van der Waals surface area contributed by atoms with Gasteiger partial charge >= 0.3 is 19.8 Å². The van der Waals surface area contributed by atoms with Gasteiger partial charge in [-0.15, -0.1) is 0 Å². The topological polar surface area (TPSA) is 108 Å². The van der Waals surface area contributed by atoms with Crippen molar-refractivity contribution in [2.75, 3.05) is 47.5 Å². The number of phosphoric acid groups is 1. The first-order valence-electron chi connectivity index (χ1n) is 22.4. The molecule has 0 aliphatic rings. The molecule has 1 N–H and O–H groups in total. The lowest BCUT2D eigenvalue weighted by Gasteiger charge is -2.24. The van der Waals surface area contributed by atoms with Crippen LogP contribution in [0.1, 0.15) is 181 Å². The zero-order valence-electron chi connectivity index (χ0n) is 36.6.